The molecule has 1 aliphatic rings. The lowest BCUT2D eigenvalue weighted by Gasteiger charge is -2.22. The highest BCUT2D eigenvalue weighted by Crippen LogP contribution is 2.30. The van der Waals surface area contributed by atoms with Gasteiger partial charge in [0.1, 0.15) is 0 Å². The summed E-state index contributed by atoms with van der Waals surface area (Å²) in [6.07, 6.45) is 2.62. The molecule has 0 saturated carbocycles. The number of anilines is 1. The van der Waals surface area contributed by atoms with Crippen LogP contribution in [-0.4, -0.2) is 19.0 Å². The Morgan fingerprint density at radius 3 is 2.50 bits per heavy atom. The maximum atomic E-state index is 11.9. The zero-order valence-electron chi connectivity index (χ0n) is 10.0. The topological polar surface area (TPSA) is 41.1 Å². The van der Waals surface area contributed by atoms with Crippen LogP contribution in [-0.2, 0) is 4.79 Å². The summed E-state index contributed by atoms with van der Waals surface area (Å²) in [6, 6.07) is 5.19. The Hall–Kier alpha value is -0.770. The molecule has 0 radical (unpaired) electrons. The molecule has 0 spiro atoms. The van der Waals surface area contributed by atoms with Crippen LogP contribution in [0.15, 0.2) is 18.2 Å². The molecule has 3 nitrogen and oxygen atoms in total. The van der Waals surface area contributed by atoms with Crippen molar-refractivity contribution in [2.24, 2.45) is 5.92 Å². The van der Waals surface area contributed by atoms with E-state index in [1.165, 1.54) is 0 Å². The second-order valence-electron chi connectivity index (χ2n) is 4.54. The molecule has 1 aliphatic heterocycles. The van der Waals surface area contributed by atoms with E-state index < -0.39 is 0 Å². The number of nitrogens with one attached hydrogen (secondary N) is 2. The molecule has 98 valence electrons. The first-order valence-corrected chi connectivity index (χ1v) is 6.87. The van der Waals surface area contributed by atoms with E-state index in [-0.39, 0.29) is 5.91 Å². The number of hydrogen-bond acceptors (Lipinski definition) is 2. The molecule has 0 aromatic heterocycles. The molecule has 1 aromatic carbocycles. The van der Waals surface area contributed by atoms with Gasteiger partial charge in [-0.3, -0.25) is 4.79 Å². The predicted octanol–water partition coefficient (Wildman–Crippen LogP) is 3.32. The van der Waals surface area contributed by atoms with Gasteiger partial charge in [0, 0.05) is 6.42 Å². The van der Waals surface area contributed by atoms with Gasteiger partial charge in [-0.2, -0.15) is 0 Å². The van der Waals surface area contributed by atoms with E-state index >= 15 is 0 Å². The van der Waals surface area contributed by atoms with Gasteiger partial charge in [-0.1, -0.05) is 29.3 Å². The van der Waals surface area contributed by atoms with Crippen molar-refractivity contribution >= 4 is 34.8 Å². The Bertz CT molecular complexity index is 411. The largest absolute Gasteiger partial charge is 0.324 e. The summed E-state index contributed by atoms with van der Waals surface area (Å²) >= 11 is 12.0. The number of hydrogen-bond donors (Lipinski definition) is 2. The van der Waals surface area contributed by atoms with Gasteiger partial charge in [0.2, 0.25) is 5.91 Å². The molecule has 0 atom stereocenters. The fraction of sp³-hybridized carbons (Fsp3) is 0.462. The number of para-hydroxylation sites is 1. The fourth-order valence-corrected chi connectivity index (χ4v) is 2.65. The van der Waals surface area contributed by atoms with Crippen molar-refractivity contribution in [2.75, 3.05) is 18.4 Å². The highest BCUT2D eigenvalue weighted by atomic mass is 35.5. The fourth-order valence-electron chi connectivity index (χ4n) is 2.16. The van der Waals surface area contributed by atoms with E-state index in [2.05, 4.69) is 10.6 Å². The average molecular weight is 287 g/mol. The first-order valence-electron chi connectivity index (χ1n) is 6.11. The SMILES string of the molecule is O=C(CC1CCNCC1)Nc1c(Cl)cccc1Cl. The predicted molar refractivity (Wildman–Crippen MR) is 75.3 cm³/mol. The van der Waals surface area contributed by atoms with Crippen molar-refractivity contribution in [1.82, 2.24) is 5.32 Å². The molecular formula is C13H16Cl2N2O. The molecule has 1 saturated heterocycles. The maximum absolute atomic E-state index is 11.9. The maximum Gasteiger partial charge on any atom is 0.224 e. The van der Waals surface area contributed by atoms with Crippen LogP contribution in [0.25, 0.3) is 0 Å². The molecule has 0 bridgehead atoms. The first-order chi connectivity index (χ1) is 8.66. The van der Waals surface area contributed by atoms with Crippen LogP contribution in [0.2, 0.25) is 10.0 Å². The molecule has 5 heteroatoms. The van der Waals surface area contributed by atoms with Crippen molar-refractivity contribution in [3.63, 3.8) is 0 Å². The number of carbonyl (C=O) groups excluding carboxylic acids is 1. The summed E-state index contributed by atoms with van der Waals surface area (Å²) in [4.78, 5) is 11.9. The standard InChI is InChI=1S/C13H16Cl2N2O/c14-10-2-1-3-11(15)13(10)17-12(18)8-9-4-6-16-7-5-9/h1-3,9,16H,4-8H2,(H,17,18). The van der Waals surface area contributed by atoms with E-state index in [0.717, 1.165) is 25.9 Å². The smallest absolute Gasteiger partial charge is 0.224 e. The Kier molecular flexibility index (Phi) is 4.87. The summed E-state index contributed by atoms with van der Waals surface area (Å²) in [5.41, 5.74) is 0.514. The number of halogens is 2. The molecule has 1 heterocycles. The quantitative estimate of drug-likeness (QED) is 0.895. The van der Waals surface area contributed by atoms with Gasteiger partial charge in [-0.15, -0.1) is 0 Å². The Morgan fingerprint density at radius 1 is 1.28 bits per heavy atom. The molecule has 1 aromatic rings. The number of amides is 1. The number of benzene rings is 1. The van der Waals surface area contributed by atoms with Gasteiger partial charge in [0.05, 0.1) is 15.7 Å². The van der Waals surface area contributed by atoms with Crippen molar-refractivity contribution in [3.8, 4) is 0 Å². The van der Waals surface area contributed by atoms with E-state index in [1.54, 1.807) is 18.2 Å². The van der Waals surface area contributed by atoms with Crippen LogP contribution in [0, 0.1) is 5.92 Å². The summed E-state index contributed by atoms with van der Waals surface area (Å²) in [5, 5.41) is 7.03. The number of carbonyl (C=O) groups is 1. The molecule has 0 aliphatic carbocycles. The van der Waals surface area contributed by atoms with E-state index in [1.807, 2.05) is 0 Å². The molecule has 18 heavy (non-hydrogen) atoms. The van der Waals surface area contributed by atoms with Crippen LogP contribution in [0.1, 0.15) is 19.3 Å². The third kappa shape index (κ3) is 3.61. The monoisotopic (exact) mass is 286 g/mol. The molecular weight excluding hydrogens is 271 g/mol. The summed E-state index contributed by atoms with van der Waals surface area (Å²) in [7, 11) is 0. The summed E-state index contributed by atoms with van der Waals surface area (Å²) in [6.45, 7) is 1.98. The zero-order valence-corrected chi connectivity index (χ0v) is 11.5. The van der Waals surface area contributed by atoms with E-state index in [9.17, 15) is 4.79 Å². The molecule has 1 fully saturated rings. The highest BCUT2D eigenvalue weighted by Gasteiger charge is 2.18. The van der Waals surface area contributed by atoms with Gasteiger partial charge in [0.15, 0.2) is 0 Å². The van der Waals surface area contributed by atoms with Gasteiger partial charge >= 0.3 is 0 Å². The van der Waals surface area contributed by atoms with E-state index in [4.69, 9.17) is 23.2 Å². The van der Waals surface area contributed by atoms with Gasteiger partial charge in [-0.05, 0) is 44.0 Å². The van der Waals surface area contributed by atoms with Crippen molar-refractivity contribution in [3.05, 3.63) is 28.2 Å². The lowest BCUT2D eigenvalue weighted by molar-refractivity contribution is -0.117. The Balaban J connectivity index is 1.94. The number of piperidine rings is 1. The summed E-state index contributed by atoms with van der Waals surface area (Å²) in [5.74, 6) is 0.435. The minimum absolute atomic E-state index is 0.0168. The third-order valence-corrected chi connectivity index (χ3v) is 3.79. The Morgan fingerprint density at radius 2 is 1.89 bits per heavy atom. The first kappa shape index (κ1) is 13.7. The van der Waals surface area contributed by atoms with Crippen LogP contribution in [0.4, 0.5) is 5.69 Å². The lowest BCUT2D eigenvalue weighted by atomic mass is 9.94. The van der Waals surface area contributed by atoms with Crippen LogP contribution >= 0.6 is 23.2 Å². The van der Waals surface area contributed by atoms with Gasteiger partial charge < -0.3 is 10.6 Å². The average Bonchev–Trinajstić information content (AvgIpc) is 2.35. The molecule has 0 unspecified atom stereocenters. The minimum atomic E-state index is -0.0168. The third-order valence-electron chi connectivity index (χ3n) is 3.16. The van der Waals surface area contributed by atoms with Gasteiger partial charge in [-0.25, -0.2) is 0 Å². The van der Waals surface area contributed by atoms with Crippen molar-refractivity contribution in [2.45, 2.75) is 19.3 Å². The molecule has 2 rings (SSSR count). The second kappa shape index (κ2) is 6.41. The van der Waals surface area contributed by atoms with E-state index in [0.29, 0.717) is 28.1 Å². The molecule has 2 N–H and O–H groups in total. The normalized spacial score (nSPS) is 16.6. The summed E-state index contributed by atoms with van der Waals surface area (Å²) < 4.78 is 0. The number of rotatable bonds is 3. The van der Waals surface area contributed by atoms with Gasteiger partial charge in [0.25, 0.3) is 0 Å². The minimum Gasteiger partial charge on any atom is -0.324 e. The van der Waals surface area contributed by atoms with Crippen LogP contribution in [0.5, 0.6) is 0 Å². The molecule has 1 amide bonds. The zero-order chi connectivity index (χ0) is 13.0. The second-order valence-corrected chi connectivity index (χ2v) is 5.36. The van der Waals surface area contributed by atoms with Crippen molar-refractivity contribution in [1.29, 1.82) is 0 Å². The highest BCUT2D eigenvalue weighted by molar-refractivity contribution is 6.39. The lowest BCUT2D eigenvalue weighted by Crippen LogP contribution is -2.30. The van der Waals surface area contributed by atoms with Crippen LogP contribution < -0.4 is 10.6 Å². The van der Waals surface area contributed by atoms with Crippen molar-refractivity contribution < 1.29 is 4.79 Å². The Labute approximate surface area is 117 Å². The van der Waals surface area contributed by atoms with Crippen LogP contribution in [0.3, 0.4) is 0 Å².